The molecule has 2 atom stereocenters. The number of aliphatic hydroxyl groups is 1. The summed E-state index contributed by atoms with van der Waals surface area (Å²) in [4.78, 5) is 39.9. The van der Waals surface area contributed by atoms with Gasteiger partial charge in [-0.15, -0.1) is 0 Å². The fourth-order valence-corrected chi connectivity index (χ4v) is 3.93. The maximum absolute atomic E-state index is 13.2. The first kappa shape index (κ1) is 24.3. The van der Waals surface area contributed by atoms with Crippen molar-refractivity contribution in [3.63, 3.8) is 0 Å². The summed E-state index contributed by atoms with van der Waals surface area (Å²) < 4.78 is 5.56. The fraction of sp³-hybridized carbons (Fsp3) is 0.400. The number of hydrogen-bond donors (Lipinski definition) is 3. The molecule has 2 aromatic rings. The first-order valence-corrected chi connectivity index (χ1v) is 11.0. The van der Waals surface area contributed by atoms with Crippen LogP contribution < -0.4 is 10.6 Å². The number of esters is 1. The third-order valence-electron chi connectivity index (χ3n) is 5.30. The molecule has 0 radical (unpaired) electrons. The molecule has 33 heavy (non-hydrogen) atoms. The zero-order valence-corrected chi connectivity index (χ0v) is 19.2. The van der Waals surface area contributed by atoms with Crippen LogP contribution in [-0.4, -0.2) is 46.1 Å². The molecule has 3 amide bonds. The molecular formula is C25H31N3O5. The van der Waals surface area contributed by atoms with E-state index in [0.29, 0.717) is 24.1 Å². The number of anilines is 1. The maximum Gasteiger partial charge on any atom is 0.329 e. The molecule has 1 heterocycles. The number of nitrogens with zero attached hydrogens (tertiary/aromatic N) is 1. The molecule has 8 heteroatoms. The summed E-state index contributed by atoms with van der Waals surface area (Å²) in [7, 11) is 0. The van der Waals surface area contributed by atoms with Crippen LogP contribution in [0.4, 0.5) is 10.5 Å². The van der Waals surface area contributed by atoms with Gasteiger partial charge in [0.05, 0.1) is 19.2 Å². The third-order valence-corrected chi connectivity index (χ3v) is 5.30. The molecule has 1 fully saturated rings. The van der Waals surface area contributed by atoms with Crippen LogP contribution in [0.1, 0.15) is 50.8 Å². The molecule has 176 valence electrons. The number of carbonyl (C=O) groups is 3. The minimum Gasteiger partial charge on any atom is -0.458 e. The molecule has 0 aliphatic carbocycles. The molecule has 3 N–H and O–H groups in total. The molecule has 2 unspecified atom stereocenters. The Kier molecular flexibility index (Phi) is 7.71. The number of hydrogen-bond acceptors (Lipinski definition) is 5. The minimum atomic E-state index is -0.715. The van der Waals surface area contributed by atoms with Crippen LogP contribution in [0.3, 0.4) is 0 Å². The second kappa shape index (κ2) is 10.5. The summed E-state index contributed by atoms with van der Waals surface area (Å²) in [6, 6.07) is 14.8. The molecule has 0 saturated carbocycles. The molecule has 0 aromatic heterocycles. The van der Waals surface area contributed by atoms with E-state index >= 15 is 0 Å². The molecule has 0 spiro atoms. The summed E-state index contributed by atoms with van der Waals surface area (Å²) in [5.74, 6) is -0.809. The Bertz CT molecular complexity index is 987. The highest BCUT2D eigenvalue weighted by atomic mass is 16.6. The Balaban J connectivity index is 1.70. The van der Waals surface area contributed by atoms with Crippen LogP contribution in [0.5, 0.6) is 0 Å². The van der Waals surface area contributed by atoms with Gasteiger partial charge in [-0.3, -0.25) is 4.79 Å². The Morgan fingerprint density at radius 2 is 1.79 bits per heavy atom. The van der Waals surface area contributed by atoms with E-state index in [1.54, 1.807) is 45.0 Å². The molecule has 1 saturated heterocycles. The highest BCUT2D eigenvalue weighted by Crippen LogP contribution is 2.37. The Hall–Kier alpha value is -3.39. The first-order valence-electron chi connectivity index (χ1n) is 11.0. The van der Waals surface area contributed by atoms with E-state index in [1.165, 1.54) is 4.90 Å². The minimum absolute atomic E-state index is 0.141. The average molecular weight is 454 g/mol. The van der Waals surface area contributed by atoms with E-state index in [9.17, 15) is 19.5 Å². The van der Waals surface area contributed by atoms with Crippen molar-refractivity contribution in [1.82, 2.24) is 10.2 Å². The predicted molar refractivity (Wildman–Crippen MR) is 124 cm³/mol. The normalized spacial score (nSPS) is 18.0. The number of amides is 3. The van der Waals surface area contributed by atoms with Gasteiger partial charge >= 0.3 is 12.0 Å². The topological polar surface area (TPSA) is 108 Å². The lowest BCUT2D eigenvalue weighted by Gasteiger charge is -2.31. The second-order valence-electron chi connectivity index (χ2n) is 9.02. The van der Waals surface area contributed by atoms with Crippen molar-refractivity contribution in [3.05, 3.63) is 65.7 Å². The lowest BCUT2D eigenvalue weighted by molar-refractivity contribution is -0.164. The molecule has 1 aliphatic rings. The molecule has 3 rings (SSSR count). The summed E-state index contributed by atoms with van der Waals surface area (Å²) in [5, 5.41) is 14.5. The van der Waals surface area contributed by atoms with E-state index < -0.39 is 23.6 Å². The number of carbonyl (C=O) groups excluding carboxylic acids is 3. The van der Waals surface area contributed by atoms with E-state index in [2.05, 4.69) is 10.6 Å². The van der Waals surface area contributed by atoms with E-state index in [4.69, 9.17) is 4.74 Å². The summed E-state index contributed by atoms with van der Waals surface area (Å²) in [6.45, 7) is 4.96. The molecule has 8 nitrogen and oxygen atoms in total. The number of urea groups is 1. The predicted octanol–water partition coefficient (Wildman–Crippen LogP) is 3.37. The Morgan fingerprint density at radius 3 is 2.45 bits per heavy atom. The zero-order valence-electron chi connectivity index (χ0n) is 19.2. The van der Waals surface area contributed by atoms with Crippen molar-refractivity contribution < 1.29 is 24.2 Å². The summed E-state index contributed by atoms with van der Waals surface area (Å²) in [5.41, 5.74) is 1.42. The standard InChI is InChI=1S/C25H31N3O5/c1-25(2,3)33-23(31)21-13-12-20(18-9-5-4-6-10-18)28(21)22(30)15-26-24(32)27-19-11-7-8-17(14-19)16-29/h4-11,14,20-21,29H,12-13,15-16H2,1-3H3,(H2,26,27,32). The van der Waals surface area contributed by atoms with Crippen molar-refractivity contribution >= 4 is 23.6 Å². The third kappa shape index (κ3) is 6.55. The van der Waals surface area contributed by atoms with Gasteiger partial charge in [-0.1, -0.05) is 42.5 Å². The van der Waals surface area contributed by atoms with Crippen LogP contribution >= 0.6 is 0 Å². The van der Waals surface area contributed by atoms with E-state index in [1.807, 2.05) is 30.3 Å². The second-order valence-corrected chi connectivity index (χ2v) is 9.02. The van der Waals surface area contributed by atoms with Gasteiger partial charge in [0.25, 0.3) is 0 Å². The van der Waals surface area contributed by atoms with Crippen LogP contribution in [0.25, 0.3) is 0 Å². The highest BCUT2D eigenvalue weighted by Gasteiger charge is 2.43. The quantitative estimate of drug-likeness (QED) is 0.581. The van der Waals surface area contributed by atoms with Crippen molar-refractivity contribution in [2.24, 2.45) is 0 Å². The van der Waals surface area contributed by atoms with Gasteiger partial charge in [0.2, 0.25) is 5.91 Å². The van der Waals surface area contributed by atoms with E-state index in [0.717, 1.165) is 5.56 Å². The van der Waals surface area contributed by atoms with Gasteiger partial charge in [-0.05, 0) is 56.9 Å². The van der Waals surface area contributed by atoms with Gasteiger partial charge in [-0.2, -0.15) is 0 Å². The number of benzene rings is 2. The Morgan fingerprint density at radius 1 is 1.06 bits per heavy atom. The molecule has 0 bridgehead atoms. The van der Waals surface area contributed by atoms with Crippen molar-refractivity contribution in [1.29, 1.82) is 0 Å². The van der Waals surface area contributed by atoms with Crippen LogP contribution in [0.2, 0.25) is 0 Å². The number of rotatable bonds is 6. The van der Waals surface area contributed by atoms with Gasteiger partial charge in [0.1, 0.15) is 11.6 Å². The molecule has 1 aliphatic heterocycles. The molecular weight excluding hydrogens is 422 g/mol. The first-order chi connectivity index (χ1) is 15.7. The van der Waals surface area contributed by atoms with Gasteiger partial charge in [0, 0.05) is 5.69 Å². The van der Waals surface area contributed by atoms with E-state index in [-0.39, 0.29) is 25.1 Å². The summed E-state index contributed by atoms with van der Waals surface area (Å²) >= 11 is 0. The number of likely N-dealkylation sites (tertiary alicyclic amines) is 1. The van der Waals surface area contributed by atoms with Crippen molar-refractivity contribution in [2.45, 2.75) is 57.9 Å². The van der Waals surface area contributed by atoms with Crippen molar-refractivity contribution in [3.8, 4) is 0 Å². The number of nitrogens with one attached hydrogen (secondary N) is 2. The largest absolute Gasteiger partial charge is 0.458 e. The molecule has 2 aromatic carbocycles. The zero-order chi connectivity index (χ0) is 24.0. The highest BCUT2D eigenvalue weighted by molar-refractivity contribution is 5.93. The van der Waals surface area contributed by atoms with Gasteiger partial charge in [-0.25, -0.2) is 9.59 Å². The number of aliphatic hydroxyl groups excluding tert-OH is 1. The van der Waals surface area contributed by atoms with Gasteiger partial charge < -0.3 is 25.4 Å². The Labute approximate surface area is 193 Å². The number of ether oxygens (including phenoxy) is 1. The fourth-order valence-electron chi connectivity index (χ4n) is 3.93. The SMILES string of the molecule is CC(C)(C)OC(=O)C1CCC(c2ccccc2)N1C(=O)CNC(=O)Nc1cccc(CO)c1. The van der Waals surface area contributed by atoms with Crippen LogP contribution in [0.15, 0.2) is 54.6 Å². The van der Waals surface area contributed by atoms with Crippen molar-refractivity contribution in [2.75, 3.05) is 11.9 Å². The lowest BCUT2D eigenvalue weighted by atomic mass is 10.0. The smallest absolute Gasteiger partial charge is 0.329 e. The van der Waals surface area contributed by atoms with Crippen LogP contribution in [-0.2, 0) is 20.9 Å². The maximum atomic E-state index is 13.2. The average Bonchev–Trinajstić information content (AvgIpc) is 3.22. The summed E-state index contributed by atoms with van der Waals surface area (Å²) in [6.07, 6.45) is 1.11. The van der Waals surface area contributed by atoms with Crippen LogP contribution in [0, 0.1) is 0 Å². The lowest BCUT2D eigenvalue weighted by Crippen LogP contribution is -2.48. The van der Waals surface area contributed by atoms with Gasteiger partial charge in [0.15, 0.2) is 0 Å². The monoisotopic (exact) mass is 453 g/mol.